The van der Waals surface area contributed by atoms with Crippen molar-refractivity contribution in [1.82, 2.24) is 4.57 Å². The number of rotatable bonds is 2. The van der Waals surface area contributed by atoms with Gasteiger partial charge in [-0.2, -0.15) is 0 Å². The van der Waals surface area contributed by atoms with Gasteiger partial charge in [-0.15, -0.1) is 0 Å². The lowest BCUT2D eigenvalue weighted by Gasteiger charge is -2.25. The predicted octanol–water partition coefficient (Wildman–Crippen LogP) is 1.79. The molecule has 0 spiro atoms. The van der Waals surface area contributed by atoms with E-state index in [2.05, 4.69) is 0 Å². The van der Waals surface area contributed by atoms with Crippen LogP contribution in [0.2, 0.25) is 0 Å². The maximum Gasteiger partial charge on any atom is 0.250 e. The van der Waals surface area contributed by atoms with Crippen molar-refractivity contribution in [1.29, 1.82) is 0 Å². The number of hydrogen-bond donors (Lipinski definition) is 0. The first kappa shape index (κ1) is 8.48. The molecule has 13 heavy (non-hydrogen) atoms. The zero-order valence-corrected chi connectivity index (χ0v) is 7.37. The molecule has 0 aromatic carbocycles. The van der Waals surface area contributed by atoms with Gasteiger partial charge in [-0.05, 0) is 24.8 Å². The number of pyridine rings is 1. The maximum atomic E-state index is 12.8. The standard InChI is InChI=1S/C10H12FNO/c11-9-4-5-10(13)12(7-9)6-8-2-1-3-8/h4-5,7-8H,1-3,6H2. The number of nitrogens with zero attached hydrogens (tertiary/aromatic N) is 1. The van der Waals surface area contributed by atoms with Crippen molar-refractivity contribution in [3.8, 4) is 0 Å². The van der Waals surface area contributed by atoms with Crippen molar-refractivity contribution >= 4 is 0 Å². The van der Waals surface area contributed by atoms with Crippen molar-refractivity contribution in [3.63, 3.8) is 0 Å². The molecule has 1 aromatic rings. The van der Waals surface area contributed by atoms with Crippen LogP contribution in [0.1, 0.15) is 19.3 Å². The van der Waals surface area contributed by atoms with E-state index >= 15 is 0 Å². The van der Waals surface area contributed by atoms with Gasteiger partial charge in [0.15, 0.2) is 0 Å². The molecule has 1 aromatic heterocycles. The first-order chi connectivity index (χ1) is 6.25. The van der Waals surface area contributed by atoms with Crippen molar-refractivity contribution in [2.45, 2.75) is 25.8 Å². The molecule has 1 saturated carbocycles. The molecule has 1 fully saturated rings. The third kappa shape index (κ3) is 1.79. The molecule has 0 atom stereocenters. The van der Waals surface area contributed by atoms with Gasteiger partial charge in [0.05, 0.1) is 0 Å². The summed E-state index contributed by atoms with van der Waals surface area (Å²) in [6.07, 6.45) is 4.88. The molecule has 70 valence electrons. The summed E-state index contributed by atoms with van der Waals surface area (Å²) in [5.41, 5.74) is -0.103. The van der Waals surface area contributed by atoms with Crippen LogP contribution in [0.5, 0.6) is 0 Å². The summed E-state index contributed by atoms with van der Waals surface area (Å²) < 4.78 is 14.2. The van der Waals surface area contributed by atoms with Gasteiger partial charge in [-0.25, -0.2) is 4.39 Å². The molecule has 0 amide bonds. The van der Waals surface area contributed by atoms with E-state index in [4.69, 9.17) is 0 Å². The molecule has 1 heterocycles. The third-order valence-electron chi connectivity index (χ3n) is 2.63. The average molecular weight is 181 g/mol. The highest BCUT2D eigenvalue weighted by atomic mass is 19.1. The van der Waals surface area contributed by atoms with Crippen molar-refractivity contribution in [2.75, 3.05) is 0 Å². The molecule has 3 heteroatoms. The lowest BCUT2D eigenvalue weighted by atomic mass is 9.85. The molecule has 2 nitrogen and oxygen atoms in total. The Bertz CT molecular complexity index is 354. The fourth-order valence-corrected chi connectivity index (χ4v) is 1.60. The Morgan fingerprint density at radius 3 is 2.85 bits per heavy atom. The van der Waals surface area contributed by atoms with Crippen molar-refractivity contribution in [3.05, 3.63) is 34.5 Å². The van der Waals surface area contributed by atoms with Gasteiger partial charge in [0.2, 0.25) is 0 Å². The van der Waals surface area contributed by atoms with E-state index in [0.29, 0.717) is 12.5 Å². The fraction of sp³-hybridized carbons (Fsp3) is 0.500. The number of hydrogen-bond acceptors (Lipinski definition) is 1. The van der Waals surface area contributed by atoms with Gasteiger partial charge >= 0.3 is 0 Å². The summed E-state index contributed by atoms with van der Waals surface area (Å²) >= 11 is 0. The summed E-state index contributed by atoms with van der Waals surface area (Å²) in [7, 11) is 0. The van der Waals surface area contributed by atoms with Crippen LogP contribution in [0.15, 0.2) is 23.1 Å². The second-order valence-electron chi connectivity index (χ2n) is 3.63. The highest BCUT2D eigenvalue weighted by Gasteiger charge is 2.18. The smallest absolute Gasteiger partial charge is 0.250 e. The van der Waals surface area contributed by atoms with E-state index in [0.717, 1.165) is 0 Å². The number of halogens is 1. The lowest BCUT2D eigenvalue weighted by molar-refractivity contribution is 0.272. The fourth-order valence-electron chi connectivity index (χ4n) is 1.60. The van der Waals surface area contributed by atoms with Crippen molar-refractivity contribution in [2.24, 2.45) is 5.92 Å². The minimum atomic E-state index is -0.334. The van der Waals surface area contributed by atoms with E-state index in [9.17, 15) is 9.18 Å². The van der Waals surface area contributed by atoms with Crippen LogP contribution < -0.4 is 5.56 Å². The first-order valence-electron chi connectivity index (χ1n) is 4.62. The Hall–Kier alpha value is -1.12. The summed E-state index contributed by atoms with van der Waals surface area (Å²) in [6, 6.07) is 2.49. The van der Waals surface area contributed by atoms with E-state index in [1.807, 2.05) is 0 Å². The maximum absolute atomic E-state index is 12.8. The topological polar surface area (TPSA) is 22.0 Å². The third-order valence-corrected chi connectivity index (χ3v) is 2.63. The average Bonchev–Trinajstić information content (AvgIpc) is 2.03. The summed E-state index contributed by atoms with van der Waals surface area (Å²) in [6.45, 7) is 0.677. The SMILES string of the molecule is O=c1ccc(F)cn1CC1CCC1. The number of aromatic nitrogens is 1. The molecule has 0 unspecified atom stereocenters. The molecular weight excluding hydrogens is 169 g/mol. The van der Waals surface area contributed by atoms with Gasteiger partial charge < -0.3 is 4.57 Å². The molecule has 0 bridgehead atoms. The van der Waals surface area contributed by atoms with Gasteiger partial charge in [-0.1, -0.05) is 6.42 Å². The van der Waals surface area contributed by atoms with Gasteiger partial charge in [0.1, 0.15) is 5.82 Å². The Kier molecular flexibility index (Phi) is 2.17. The Morgan fingerprint density at radius 2 is 2.23 bits per heavy atom. The molecule has 1 aliphatic carbocycles. The van der Waals surface area contributed by atoms with Crippen LogP contribution in [0, 0.1) is 11.7 Å². The minimum absolute atomic E-state index is 0.103. The second-order valence-corrected chi connectivity index (χ2v) is 3.63. The quantitative estimate of drug-likeness (QED) is 0.681. The minimum Gasteiger partial charge on any atom is -0.312 e. The van der Waals surface area contributed by atoms with E-state index < -0.39 is 0 Å². The largest absolute Gasteiger partial charge is 0.312 e. The van der Waals surface area contributed by atoms with Crippen LogP contribution >= 0.6 is 0 Å². The molecule has 0 N–H and O–H groups in total. The summed E-state index contributed by atoms with van der Waals surface area (Å²) in [5, 5.41) is 0. The van der Waals surface area contributed by atoms with Crippen LogP contribution in [-0.2, 0) is 6.54 Å². The molecular formula is C10H12FNO. The van der Waals surface area contributed by atoms with Gasteiger partial charge in [0, 0.05) is 18.8 Å². The zero-order chi connectivity index (χ0) is 9.26. The highest BCUT2D eigenvalue weighted by molar-refractivity contribution is 4.96. The molecule has 0 aliphatic heterocycles. The van der Waals surface area contributed by atoms with Gasteiger partial charge in [-0.3, -0.25) is 4.79 Å². The zero-order valence-electron chi connectivity index (χ0n) is 7.37. The Balaban J connectivity index is 2.17. The van der Waals surface area contributed by atoms with E-state index in [1.54, 1.807) is 0 Å². The van der Waals surface area contributed by atoms with Gasteiger partial charge in [0.25, 0.3) is 5.56 Å². The molecule has 2 rings (SSSR count). The first-order valence-corrected chi connectivity index (χ1v) is 4.62. The van der Waals surface area contributed by atoms with Crippen LogP contribution in [-0.4, -0.2) is 4.57 Å². The lowest BCUT2D eigenvalue weighted by Crippen LogP contribution is -2.26. The summed E-state index contributed by atoms with van der Waals surface area (Å²) in [5.74, 6) is 0.249. The monoisotopic (exact) mass is 181 g/mol. The van der Waals surface area contributed by atoms with Crippen LogP contribution in [0.25, 0.3) is 0 Å². The normalized spacial score (nSPS) is 17.0. The second kappa shape index (κ2) is 3.32. The highest BCUT2D eigenvalue weighted by Crippen LogP contribution is 2.27. The summed E-state index contributed by atoms with van der Waals surface area (Å²) in [4.78, 5) is 11.2. The predicted molar refractivity (Wildman–Crippen MR) is 48.0 cm³/mol. The van der Waals surface area contributed by atoms with E-state index in [1.165, 1.54) is 42.2 Å². The Labute approximate surface area is 76.0 Å². The molecule has 0 radical (unpaired) electrons. The molecule has 0 saturated heterocycles. The Morgan fingerprint density at radius 1 is 1.46 bits per heavy atom. The van der Waals surface area contributed by atoms with Crippen LogP contribution in [0.4, 0.5) is 4.39 Å². The van der Waals surface area contributed by atoms with Crippen LogP contribution in [0.3, 0.4) is 0 Å². The van der Waals surface area contributed by atoms with Crippen molar-refractivity contribution < 1.29 is 4.39 Å². The van der Waals surface area contributed by atoms with E-state index in [-0.39, 0.29) is 11.4 Å². The molecule has 1 aliphatic rings.